The van der Waals surface area contributed by atoms with Crippen LogP contribution in [0.1, 0.15) is 24.0 Å². The molecule has 0 aliphatic carbocycles. The van der Waals surface area contributed by atoms with Crippen molar-refractivity contribution in [3.05, 3.63) is 70.9 Å². The van der Waals surface area contributed by atoms with Gasteiger partial charge in [0, 0.05) is 19.5 Å². The maximum atomic E-state index is 13.0. The first-order chi connectivity index (χ1) is 14.1. The molecule has 158 valence electrons. The number of carbonyl (C=O) groups excluding carboxylic acids is 2. The number of hydrogen-bond donors (Lipinski definition) is 2. The number of benzene rings is 1. The van der Waals surface area contributed by atoms with E-state index in [2.05, 4.69) is 10.3 Å². The molecule has 0 atom stereocenters. The van der Waals surface area contributed by atoms with E-state index in [4.69, 9.17) is 0 Å². The lowest BCUT2D eigenvalue weighted by Crippen LogP contribution is -2.35. The molecule has 2 N–H and O–H groups in total. The number of carbonyl (C=O) groups is 2. The zero-order valence-electron chi connectivity index (χ0n) is 15.5. The molecule has 1 aliphatic heterocycles. The van der Waals surface area contributed by atoms with Crippen LogP contribution in [0.15, 0.2) is 53.9 Å². The highest BCUT2D eigenvalue weighted by Crippen LogP contribution is 2.29. The fourth-order valence-electron chi connectivity index (χ4n) is 2.97. The van der Waals surface area contributed by atoms with Gasteiger partial charge in [0.1, 0.15) is 23.0 Å². The highest BCUT2D eigenvalue weighted by molar-refractivity contribution is 6.23. The van der Waals surface area contributed by atoms with Crippen LogP contribution in [0.4, 0.5) is 23.4 Å². The van der Waals surface area contributed by atoms with E-state index in [0.29, 0.717) is 12.0 Å². The van der Waals surface area contributed by atoms with Gasteiger partial charge in [-0.3, -0.25) is 9.59 Å². The summed E-state index contributed by atoms with van der Waals surface area (Å²) in [6.07, 6.45) is -3.14. The molecule has 2 amide bonds. The van der Waals surface area contributed by atoms with Gasteiger partial charge in [-0.2, -0.15) is 13.2 Å². The molecule has 1 aromatic heterocycles. The maximum Gasteiger partial charge on any atom is 0.416 e. The molecule has 0 radical (unpaired) electrons. The predicted molar refractivity (Wildman–Crippen MR) is 98.6 cm³/mol. The molecule has 1 aliphatic rings. The number of rotatable bonds is 4. The van der Waals surface area contributed by atoms with Crippen LogP contribution in [0, 0.1) is 5.82 Å². The van der Waals surface area contributed by atoms with Gasteiger partial charge in [-0.25, -0.2) is 9.37 Å². The minimum absolute atomic E-state index is 0.00645. The summed E-state index contributed by atoms with van der Waals surface area (Å²) >= 11 is 0. The van der Waals surface area contributed by atoms with Crippen molar-refractivity contribution < 1.29 is 32.3 Å². The molecule has 10 heteroatoms. The van der Waals surface area contributed by atoms with E-state index in [0.717, 1.165) is 24.4 Å². The number of aliphatic hydroxyl groups excluding tert-OH is 1. The third kappa shape index (κ3) is 4.94. The summed E-state index contributed by atoms with van der Waals surface area (Å²) in [6.45, 7) is 0.172. The molecule has 0 fully saturated rings. The molecule has 2 aromatic rings. The first kappa shape index (κ1) is 21.3. The molecular formula is C20H17F4N3O3. The van der Waals surface area contributed by atoms with Gasteiger partial charge in [-0.1, -0.05) is 12.1 Å². The van der Waals surface area contributed by atoms with Crippen LogP contribution in [0.5, 0.6) is 0 Å². The average molecular weight is 423 g/mol. The lowest BCUT2D eigenvalue weighted by Gasteiger charge is -2.22. The predicted octanol–water partition coefficient (Wildman–Crippen LogP) is 3.81. The Morgan fingerprint density at radius 1 is 1.17 bits per heavy atom. The van der Waals surface area contributed by atoms with Gasteiger partial charge in [-0.15, -0.1) is 0 Å². The van der Waals surface area contributed by atoms with E-state index in [1.165, 1.54) is 23.1 Å². The van der Waals surface area contributed by atoms with Crippen molar-refractivity contribution in [1.29, 1.82) is 0 Å². The molecular weight excluding hydrogens is 406 g/mol. The van der Waals surface area contributed by atoms with E-state index in [1.54, 1.807) is 0 Å². The van der Waals surface area contributed by atoms with Crippen LogP contribution < -0.4 is 5.32 Å². The van der Waals surface area contributed by atoms with Crippen molar-refractivity contribution in [2.24, 2.45) is 0 Å². The fourth-order valence-corrected chi connectivity index (χ4v) is 2.97. The van der Waals surface area contributed by atoms with E-state index in [9.17, 15) is 32.3 Å². The summed E-state index contributed by atoms with van der Waals surface area (Å²) in [4.78, 5) is 30.4. The van der Waals surface area contributed by atoms with Crippen molar-refractivity contribution in [3.8, 4) is 0 Å². The van der Waals surface area contributed by atoms with Gasteiger partial charge in [0.25, 0.3) is 11.8 Å². The third-order valence-electron chi connectivity index (χ3n) is 4.48. The van der Waals surface area contributed by atoms with Crippen molar-refractivity contribution in [1.82, 2.24) is 9.88 Å². The largest absolute Gasteiger partial charge is 0.511 e. The number of amides is 2. The number of anilines is 1. The number of nitrogens with one attached hydrogen (secondary N) is 1. The van der Waals surface area contributed by atoms with Gasteiger partial charge in [0.15, 0.2) is 0 Å². The van der Waals surface area contributed by atoms with Crippen LogP contribution in [-0.4, -0.2) is 33.3 Å². The first-order valence-corrected chi connectivity index (χ1v) is 8.95. The molecule has 6 nitrogen and oxygen atoms in total. The van der Waals surface area contributed by atoms with Crippen LogP contribution >= 0.6 is 0 Å². The Labute approximate surface area is 168 Å². The minimum Gasteiger partial charge on any atom is -0.511 e. The lowest BCUT2D eigenvalue weighted by molar-refractivity contribution is -0.137. The smallest absolute Gasteiger partial charge is 0.416 e. The number of pyridine rings is 1. The van der Waals surface area contributed by atoms with Crippen molar-refractivity contribution in [3.63, 3.8) is 0 Å². The Balaban J connectivity index is 1.77. The van der Waals surface area contributed by atoms with Gasteiger partial charge in [0.2, 0.25) is 0 Å². The van der Waals surface area contributed by atoms with Crippen molar-refractivity contribution in [2.75, 3.05) is 11.9 Å². The molecule has 30 heavy (non-hydrogen) atoms. The number of halogens is 4. The number of alkyl halides is 3. The Morgan fingerprint density at radius 3 is 2.47 bits per heavy atom. The van der Waals surface area contributed by atoms with Crippen LogP contribution in [0.3, 0.4) is 0 Å². The van der Waals surface area contributed by atoms with Gasteiger partial charge in [-0.05, 0) is 36.2 Å². The second-order valence-corrected chi connectivity index (χ2v) is 6.66. The summed E-state index contributed by atoms with van der Waals surface area (Å²) in [6, 6.07) is 6.62. The Morgan fingerprint density at radius 2 is 1.87 bits per heavy atom. The quantitative estimate of drug-likeness (QED) is 0.579. The lowest BCUT2D eigenvalue weighted by atomic mass is 10.1. The van der Waals surface area contributed by atoms with Gasteiger partial charge < -0.3 is 15.3 Å². The zero-order valence-corrected chi connectivity index (χ0v) is 15.5. The van der Waals surface area contributed by atoms with E-state index >= 15 is 0 Å². The monoisotopic (exact) mass is 423 g/mol. The highest BCUT2D eigenvalue weighted by atomic mass is 19.4. The number of aromatic nitrogens is 1. The number of nitrogens with zero attached hydrogens (tertiary/aromatic N) is 2. The van der Waals surface area contributed by atoms with Crippen LogP contribution in [-0.2, 0) is 22.3 Å². The molecule has 0 spiro atoms. The second kappa shape index (κ2) is 8.52. The van der Waals surface area contributed by atoms with Gasteiger partial charge in [0.05, 0.1) is 11.8 Å². The zero-order chi connectivity index (χ0) is 21.9. The summed E-state index contributed by atoms with van der Waals surface area (Å²) in [5.74, 6) is -2.67. The molecule has 0 saturated heterocycles. The summed E-state index contributed by atoms with van der Waals surface area (Å²) in [5, 5.41) is 12.5. The third-order valence-corrected chi connectivity index (χ3v) is 4.48. The Kier molecular flexibility index (Phi) is 6.04. The topological polar surface area (TPSA) is 82.5 Å². The summed E-state index contributed by atoms with van der Waals surface area (Å²) in [7, 11) is 0. The van der Waals surface area contributed by atoms with E-state index in [1.807, 2.05) is 0 Å². The highest BCUT2D eigenvalue weighted by Gasteiger charge is 2.32. The SMILES string of the molecule is O=C(Nc1ccc(F)cn1)C1=C(O)CCCN(Cc2ccc(C(F)(F)F)cc2)C1=O. The summed E-state index contributed by atoms with van der Waals surface area (Å²) < 4.78 is 51.1. The van der Waals surface area contributed by atoms with Gasteiger partial charge >= 0.3 is 6.18 Å². The van der Waals surface area contributed by atoms with Crippen LogP contribution in [0.25, 0.3) is 0 Å². The van der Waals surface area contributed by atoms with Crippen LogP contribution in [0.2, 0.25) is 0 Å². The normalized spacial score (nSPS) is 15.2. The molecule has 0 saturated carbocycles. The average Bonchev–Trinajstić information content (AvgIpc) is 2.81. The van der Waals surface area contributed by atoms with Crippen molar-refractivity contribution in [2.45, 2.75) is 25.6 Å². The standard InChI is InChI=1S/C20H17F4N3O3/c21-14-7-8-16(25-10-14)26-18(29)17-15(28)2-1-9-27(19(17)30)11-12-3-5-13(6-4-12)20(22,23)24/h3-8,10,28H,1-2,9,11H2,(H,25,26,29). The molecule has 0 unspecified atom stereocenters. The fraction of sp³-hybridized carbons (Fsp3) is 0.250. The number of aliphatic hydroxyl groups is 1. The number of hydrogen-bond acceptors (Lipinski definition) is 4. The second-order valence-electron chi connectivity index (χ2n) is 6.66. The molecule has 2 heterocycles. The Hall–Kier alpha value is -3.43. The Bertz CT molecular complexity index is 970. The molecule has 0 bridgehead atoms. The van der Waals surface area contributed by atoms with E-state index < -0.39 is 40.7 Å². The maximum absolute atomic E-state index is 13.0. The summed E-state index contributed by atoms with van der Waals surface area (Å²) in [5.41, 5.74) is -0.846. The number of allylic oxidation sites excluding steroid dienone is 1. The van der Waals surface area contributed by atoms with E-state index in [-0.39, 0.29) is 25.3 Å². The first-order valence-electron chi connectivity index (χ1n) is 8.95. The molecule has 1 aromatic carbocycles. The molecule has 3 rings (SSSR count). The minimum atomic E-state index is -4.47. The van der Waals surface area contributed by atoms with Crippen molar-refractivity contribution >= 4 is 17.6 Å².